The van der Waals surface area contributed by atoms with E-state index in [4.69, 9.17) is 11.6 Å². The van der Waals surface area contributed by atoms with Crippen molar-refractivity contribution < 1.29 is 10.2 Å². The summed E-state index contributed by atoms with van der Waals surface area (Å²) >= 11 is 8.74. The van der Waals surface area contributed by atoms with Crippen molar-refractivity contribution in [3.63, 3.8) is 0 Å². The average Bonchev–Trinajstić information content (AvgIpc) is 2.99. The number of rotatable bonds is 7. The summed E-state index contributed by atoms with van der Waals surface area (Å²) < 4.78 is 1.08. The number of benzene rings is 1. The second-order valence-corrected chi connectivity index (χ2v) is 7.48. The van der Waals surface area contributed by atoms with Gasteiger partial charge in [-0.3, -0.25) is 0 Å². The molecule has 3 aromatic rings. The molecule has 2 heterocycles. The van der Waals surface area contributed by atoms with Crippen LogP contribution in [0.2, 0.25) is 4.47 Å². The van der Waals surface area contributed by atoms with Crippen LogP contribution in [-0.4, -0.2) is 44.4 Å². The molecular weight excluding hydrogens is 368 g/mol. The molecule has 126 valence electrons. The van der Waals surface area contributed by atoms with Crippen molar-refractivity contribution in [1.82, 2.24) is 15.0 Å². The van der Waals surface area contributed by atoms with Gasteiger partial charge in [-0.1, -0.05) is 65.0 Å². The lowest BCUT2D eigenvalue weighted by Gasteiger charge is -2.14. The Labute approximate surface area is 151 Å². The molecular formula is C15H15ClN4O2S2. The van der Waals surface area contributed by atoms with E-state index in [2.05, 4.69) is 20.3 Å². The van der Waals surface area contributed by atoms with E-state index >= 15 is 0 Å². The average molecular weight is 383 g/mol. The largest absolute Gasteiger partial charge is 0.394 e. The fourth-order valence-electron chi connectivity index (χ4n) is 2.01. The minimum absolute atomic E-state index is 0.207. The van der Waals surface area contributed by atoms with Gasteiger partial charge in [0.2, 0.25) is 0 Å². The summed E-state index contributed by atoms with van der Waals surface area (Å²) in [5.74, 6) is 1.25. The summed E-state index contributed by atoms with van der Waals surface area (Å²) in [4.78, 5) is 13.1. The Kier molecular flexibility index (Phi) is 5.85. The molecule has 1 aromatic carbocycles. The van der Waals surface area contributed by atoms with Crippen LogP contribution in [0.15, 0.2) is 35.5 Å². The molecule has 2 aromatic heterocycles. The predicted octanol–water partition coefficient (Wildman–Crippen LogP) is 2.80. The highest BCUT2D eigenvalue weighted by molar-refractivity contribution is 7.98. The first-order chi connectivity index (χ1) is 11.7. The maximum absolute atomic E-state index is 9.28. The van der Waals surface area contributed by atoms with Gasteiger partial charge < -0.3 is 15.5 Å². The normalized spacial score (nSPS) is 11.3. The first-order valence-electron chi connectivity index (χ1n) is 7.18. The molecule has 0 aliphatic heterocycles. The van der Waals surface area contributed by atoms with Crippen molar-refractivity contribution in [1.29, 1.82) is 0 Å². The Hall–Kier alpha value is -1.45. The van der Waals surface area contributed by atoms with Crippen molar-refractivity contribution in [3.05, 3.63) is 40.4 Å². The maximum atomic E-state index is 9.28. The van der Waals surface area contributed by atoms with E-state index in [1.807, 2.05) is 30.3 Å². The molecule has 0 bridgehead atoms. The lowest BCUT2D eigenvalue weighted by atomic mass is 10.2. The van der Waals surface area contributed by atoms with Crippen LogP contribution < -0.4 is 5.32 Å². The molecule has 3 N–H and O–H groups in total. The summed E-state index contributed by atoms with van der Waals surface area (Å²) in [6, 6.07) is 9.52. The van der Waals surface area contributed by atoms with Crippen LogP contribution in [-0.2, 0) is 5.75 Å². The van der Waals surface area contributed by atoms with Crippen molar-refractivity contribution in [2.75, 3.05) is 18.5 Å². The number of thiazole rings is 1. The number of nitrogens with one attached hydrogen (secondary N) is 1. The molecule has 0 spiro atoms. The van der Waals surface area contributed by atoms with E-state index in [0.717, 1.165) is 5.75 Å². The van der Waals surface area contributed by atoms with Gasteiger partial charge in [0.15, 0.2) is 21.1 Å². The molecule has 3 rings (SSSR count). The Morgan fingerprint density at radius 1 is 1.12 bits per heavy atom. The van der Waals surface area contributed by atoms with Gasteiger partial charge >= 0.3 is 0 Å². The standard InChI is InChI=1S/C15H15ClN4O2S2/c16-14-18-13-11(24-14)12(17-10(6-21)7-22)19-15(20-13)23-8-9-4-2-1-3-5-9/h1-5,10,21-22H,6-8H2,(H,17,19,20). The molecule has 0 unspecified atom stereocenters. The number of hydrogen-bond donors (Lipinski definition) is 3. The van der Waals surface area contributed by atoms with Gasteiger partial charge in [-0.05, 0) is 5.56 Å². The second kappa shape index (κ2) is 8.09. The summed E-state index contributed by atoms with van der Waals surface area (Å²) in [5.41, 5.74) is 1.67. The van der Waals surface area contributed by atoms with Crippen LogP contribution in [0.1, 0.15) is 5.56 Å². The van der Waals surface area contributed by atoms with E-state index < -0.39 is 6.04 Å². The molecule has 0 amide bonds. The van der Waals surface area contributed by atoms with Gasteiger partial charge in [0.25, 0.3) is 0 Å². The zero-order valence-electron chi connectivity index (χ0n) is 12.5. The van der Waals surface area contributed by atoms with E-state index in [0.29, 0.717) is 25.8 Å². The number of nitrogens with zero attached hydrogens (tertiary/aromatic N) is 3. The number of hydrogen-bond acceptors (Lipinski definition) is 8. The Morgan fingerprint density at radius 3 is 2.58 bits per heavy atom. The molecule has 0 atom stereocenters. The highest BCUT2D eigenvalue weighted by atomic mass is 35.5. The zero-order chi connectivity index (χ0) is 16.9. The van der Waals surface area contributed by atoms with Crippen molar-refractivity contribution in [2.45, 2.75) is 17.0 Å². The van der Waals surface area contributed by atoms with Gasteiger partial charge in [0.1, 0.15) is 4.70 Å². The number of aromatic nitrogens is 3. The van der Waals surface area contributed by atoms with Crippen LogP contribution >= 0.6 is 34.7 Å². The van der Waals surface area contributed by atoms with Crippen LogP contribution in [0.25, 0.3) is 10.3 Å². The van der Waals surface area contributed by atoms with Gasteiger partial charge in [0.05, 0.1) is 19.3 Å². The zero-order valence-corrected chi connectivity index (χ0v) is 14.9. The van der Waals surface area contributed by atoms with Gasteiger partial charge in [0, 0.05) is 5.75 Å². The minimum atomic E-state index is -0.504. The summed E-state index contributed by atoms with van der Waals surface area (Å²) in [6.07, 6.45) is 0. The third-order valence-electron chi connectivity index (χ3n) is 3.20. The molecule has 0 aliphatic rings. The fraction of sp³-hybridized carbons (Fsp3) is 0.267. The quantitative estimate of drug-likeness (QED) is 0.427. The van der Waals surface area contributed by atoms with Crippen LogP contribution in [0.5, 0.6) is 0 Å². The Morgan fingerprint density at radius 2 is 1.88 bits per heavy atom. The van der Waals surface area contributed by atoms with Gasteiger partial charge in [-0.15, -0.1) is 0 Å². The van der Waals surface area contributed by atoms with E-state index in [9.17, 15) is 10.2 Å². The number of aliphatic hydroxyl groups excluding tert-OH is 2. The number of thioether (sulfide) groups is 1. The molecule has 0 saturated heterocycles. The van der Waals surface area contributed by atoms with Crippen molar-refractivity contribution >= 4 is 50.9 Å². The predicted molar refractivity (Wildman–Crippen MR) is 97.8 cm³/mol. The smallest absolute Gasteiger partial charge is 0.191 e. The molecule has 0 aliphatic carbocycles. The molecule has 24 heavy (non-hydrogen) atoms. The number of aliphatic hydroxyl groups is 2. The van der Waals surface area contributed by atoms with Crippen molar-refractivity contribution in [3.8, 4) is 0 Å². The number of fused-ring (bicyclic) bond motifs is 1. The Balaban J connectivity index is 1.88. The third kappa shape index (κ3) is 4.14. The molecule has 6 nitrogen and oxygen atoms in total. The molecule has 0 saturated carbocycles. The van der Waals surface area contributed by atoms with E-state index in [1.54, 1.807) is 0 Å². The monoisotopic (exact) mass is 382 g/mol. The third-order valence-corrected chi connectivity index (χ3v) is 5.27. The highest BCUT2D eigenvalue weighted by Crippen LogP contribution is 2.32. The first-order valence-corrected chi connectivity index (χ1v) is 9.36. The van der Waals surface area contributed by atoms with E-state index in [1.165, 1.54) is 28.7 Å². The van der Waals surface area contributed by atoms with Crippen LogP contribution in [0.3, 0.4) is 0 Å². The Bertz CT molecular complexity index is 812. The highest BCUT2D eigenvalue weighted by Gasteiger charge is 2.16. The van der Waals surface area contributed by atoms with Gasteiger partial charge in [-0.2, -0.15) is 0 Å². The minimum Gasteiger partial charge on any atom is -0.394 e. The molecule has 0 fully saturated rings. The SMILES string of the molecule is OCC(CO)Nc1nc(SCc2ccccc2)nc2nc(Cl)sc12. The number of anilines is 1. The summed E-state index contributed by atoms with van der Waals surface area (Å²) in [5, 5.41) is 22.1. The maximum Gasteiger partial charge on any atom is 0.191 e. The summed E-state index contributed by atoms with van der Waals surface area (Å²) in [6.45, 7) is -0.415. The van der Waals surface area contributed by atoms with Crippen molar-refractivity contribution in [2.24, 2.45) is 0 Å². The lowest BCUT2D eigenvalue weighted by Crippen LogP contribution is -2.28. The van der Waals surface area contributed by atoms with E-state index in [-0.39, 0.29) is 13.2 Å². The molecule has 9 heteroatoms. The van der Waals surface area contributed by atoms with Gasteiger partial charge in [-0.25, -0.2) is 15.0 Å². The topological polar surface area (TPSA) is 91.2 Å². The molecule has 0 radical (unpaired) electrons. The fourth-order valence-corrected chi connectivity index (χ4v) is 3.80. The lowest BCUT2D eigenvalue weighted by molar-refractivity contribution is 0.203. The van der Waals surface area contributed by atoms with Crippen LogP contribution in [0.4, 0.5) is 5.82 Å². The number of halogens is 1. The van der Waals surface area contributed by atoms with Crippen LogP contribution in [0, 0.1) is 0 Å². The second-order valence-electron chi connectivity index (χ2n) is 4.96. The summed E-state index contributed by atoms with van der Waals surface area (Å²) in [7, 11) is 0. The first kappa shape index (κ1) is 17.4.